The number of rotatable bonds is 4. The predicted molar refractivity (Wildman–Crippen MR) is 98.2 cm³/mol. The summed E-state index contributed by atoms with van der Waals surface area (Å²) in [7, 11) is 0. The number of hydrogen-bond acceptors (Lipinski definition) is 6. The maximum absolute atomic E-state index is 4.53. The second-order valence-corrected chi connectivity index (χ2v) is 6.70. The van der Waals surface area contributed by atoms with Crippen molar-refractivity contribution in [3.05, 3.63) is 48.8 Å². The molecule has 6 heteroatoms. The Morgan fingerprint density at radius 2 is 1.33 bits per heavy atom. The molecule has 0 aliphatic heterocycles. The highest BCUT2D eigenvalue weighted by molar-refractivity contribution is 6.07. The molecule has 1 aliphatic carbocycles. The third-order valence-corrected chi connectivity index (χ3v) is 3.76. The summed E-state index contributed by atoms with van der Waals surface area (Å²) in [6, 6.07) is 11.4. The quantitative estimate of drug-likeness (QED) is 0.837. The van der Waals surface area contributed by atoms with Crippen molar-refractivity contribution in [3.8, 4) is 0 Å². The largest absolute Gasteiger partial charge is 0.261 e. The first-order valence-electron chi connectivity index (χ1n) is 8.06. The van der Waals surface area contributed by atoms with Gasteiger partial charge in [-0.05, 0) is 42.5 Å². The van der Waals surface area contributed by atoms with Crippen molar-refractivity contribution in [2.24, 2.45) is 15.6 Å². The summed E-state index contributed by atoms with van der Waals surface area (Å²) in [5.74, 6) is 1.50. The van der Waals surface area contributed by atoms with Crippen molar-refractivity contribution in [2.75, 3.05) is 10.9 Å². The van der Waals surface area contributed by atoms with Gasteiger partial charge < -0.3 is 0 Å². The standard InChI is InChI=1S/C18H22N6/c1-18(2)12-14(21-23-16-7-3-5-9-19-16)11-15(13-18)22-24-17-8-4-6-10-20-17/h3-10H,11-13H2,1-2H3,(H,19,23)(H,20,24)/b21-14+,22-15+. The van der Waals surface area contributed by atoms with Gasteiger partial charge in [0.05, 0.1) is 0 Å². The third-order valence-electron chi connectivity index (χ3n) is 3.76. The minimum atomic E-state index is 0.132. The smallest absolute Gasteiger partial charge is 0.146 e. The van der Waals surface area contributed by atoms with Crippen LogP contribution >= 0.6 is 0 Å². The summed E-state index contributed by atoms with van der Waals surface area (Å²) in [6.07, 6.45) is 6.13. The molecule has 1 saturated carbocycles. The average molecular weight is 322 g/mol. The van der Waals surface area contributed by atoms with Crippen molar-refractivity contribution < 1.29 is 0 Å². The van der Waals surface area contributed by atoms with Gasteiger partial charge in [0.15, 0.2) is 0 Å². The van der Waals surface area contributed by atoms with Gasteiger partial charge in [0, 0.05) is 30.2 Å². The number of anilines is 2. The lowest BCUT2D eigenvalue weighted by atomic mass is 9.75. The van der Waals surface area contributed by atoms with E-state index in [-0.39, 0.29) is 5.41 Å². The molecule has 6 nitrogen and oxygen atoms in total. The molecule has 2 aromatic rings. The Bertz CT molecular complexity index is 660. The molecular formula is C18H22N6. The van der Waals surface area contributed by atoms with Crippen LogP contribution in [0.4, 0.5) is 11.6 Å². The lowest BCUT2D eigenvalue weighted by Crippen LogP contribution is -2.30. The van der Waals surface area contributed by atoms with Crippen LogP contribution in [0.3, 0.4) is 0 Å². The van der Waals surface area contributed by atoms with Crippen molar-refractivity contribution in [1.82, 2.24) is 9.97 Å². The monoisotopic (exact) mass is 322 g/mol. The second-order valence-electron chi connectivity index (χ2n) is 6.70. The molecule has 2 aromatic heterocycles. The number of hydrazone groups is 2. The van der Waals surface area contributed by atoms with E-state index in [9.17, 15) is 0 Å². The number of aromatic nitrogens is 2. The highest BCUT2D eigenvalue weighted by Crippen LogP contribution is 2.32. The highest BCUT2D eigenvalue weighted by Gasteiger charge is 2.29. The zero-order chi connectivity index (χ0) is 16.8. The van der Waals surface area contributed by atoms with Crippen LogP contribution in [0.15, 0.2) is 59.0 Å². The number of nitrogens with zero attached hydrogens (tertiary/aromatic N) is 4. The summed E-state index contributed by atoms with van der Waals surface area (Å²) in [5.41, 5.74) is 8.37. The van der Waals surface area contributed by atoms with Crippen molar-refractivity contribution in [3.63, 3.8) is 0 Å². The minimum Gasteiger partial charge on any atom is -0.261 e. The zero-order valence-corrected chi connectivity index (χ0v) is 14.0. The fourth-order valence-corrected chi connectivity index (χ4v) is 2.82. The van der Waals surface area contributed by atoms with Gasteiger partial charge in [-0.3, -0.25) is 10.9 Å². The van der Waals surface area contributed by atoms with E-state index in [4.69, 9.17) is 0 Å². The molecule has 2 N–H and O–H groups in total. The first-order chi connectivity index (χ1) is 11.6. The SMILES string of the molecule is CC1(C)C/C(=N/Nc2ccccn2)C/C(=N\Nc2ccccn2)C1. The van der Waals surface area contributed by atoms with E-state index in [0.717, 1.165) is 42.3 Å². The van der Waals surface area contributed by atoms with Gasteiger partial charge in [0.25, 0.3) is 0 Å². The Balaban J connectivity index is 1.70. The van der Waals surface area contributed by atoms with E-state index in [1.165, 1.54) is 0 Å². The normalized spacial score (nSPS) is 20.1. The van der Waals surface area contributed by atoms with E-state index in [0.29, 0.717) is 0 Å². The predicted octanol–water partition coefficient (Wildman–Crippen LogP) is 3.92. The van der Waals surface area contributed by atoms with E-state index in [2.05, 4.69) is 44.9 Å². The molecule has 1 aliphatic rings. The average Bonchev–Trinajstić information content (AvgIpc) is 2.59. The summed E-state index contributed by atoms with van der Waals surface area (Å²) in [5, 5.41) is 9.07. The molecule has 24 heavy (non-hydrogen) atoms. The first-order valence-corrected chi connectivity index (χ1v) is 8.06. The van der Waals surface area contributed by atoms with Crippen LogP contribution in [-0.2, 0) is 0 Å². The topological polar surface area (TPSA) is 74.6 Å². The van der Waals surface area contributed by atoms with Crippen LogP contribution in [0.5, 0.6) is 0 Å². The summed E-state index contributed by atoms with van der Waals surface area (Å²) in [6.45, 7) is 4.47. The lowest BCUT2D eigenvalue weighted by Gasteiger charge is -2.31. The Labute approximate surface area is 142 Å². The molecule has 0 amide bonds. The van der Waals surface area contributed by atoms with E-state index in [1.807, 2.05) is 36.4 Å². The molecule has 124 valence electrons. The van der Waals surface area contributed by atoms with Gasteiger partial charge in [-0.15, -0.1) is 0 Å². The third kappa shape index (κ3) is 4.62. The number of hydrogen-bond donors (Lipinski definition) is 2. The number of pyridine rings is 2. The van der Waals surface area contributed by atoms with Crippen LogP contribution in [-0.4, -0.2) is 21.4 Å². The first kappa shape index (κ1) is 16.1. The van der Waals surface area contributed by atoms with Gasteiger partial charge in [-0.2, -0.15) is 10.2 Å². The van der Waals surface area contributed by atoms with Gasteiger partial charge in [0.2, 0.25) is 0 Å². The molecule has 0 saturated heterocycles. The lowest BCUT2D eigenvalue weighted by molar-refractivity contribution is 0.389. The zero-order valence-electron chi connectivity index (χ0n) is 14.0. The molecule has 3 rings (SSSR count). The molecule has 0 bridgehead atoms. The Hall–Kier alpha value is -2.76. The fourth-order valence-electron chi connectivity index (χ4n) is 2.82. The van der Waals surface area contributed by atoms with Crippen LogP contribution in [0.1, 0.15) is 33.1 Å². The number of nitrogens with one attached hydrogen (secondary N) is 2. The summed E-state index contributed by atoms with van der Waals surface area (Å²) < 4.78 is 0. The van der Waals surface area contributed by atoms with Crippen LogP contribution < -0.4 is 10.9 Å². The van der Waals surface area contributed by atoms with Crippen molar-refractivity contribution in [2.45, 2.75) is 33.1 Å². The maximum atomic E-state index is 4.53. The van der Waals surface area contributed by atoms with Crippen LogP contribution in [0.25, 0.3) is 0 Å². The van der Waals surface area contributed by atoms with E-state index < -0.39 is 0 Å². The van der Waals surface area contributed by atoms with Crippen LogP contribution in [0.2, 0.25) is 0 Å². The molecule has 0 atom stereocenters. The van der Waals surface area contributed by atoms with Crippen molar-refractivity contribution >= 4 is 23.1 Å². The molecular weight excluding hydrogens is 300 g/mol. The highest BCUT2D eigenvalue weighted by atomic mass is 15.3. The summed E-state index contributed by atoms with van der Waals surface area (Å²) >= 11 is 0. The van der Waals surface area contributed by atoms with Gasteiger partial charge in [-0.1, -0.05) is 26.0 Å². The molecule has 0 radical (unpaired) electrons. The summed E-state index contributed by atoms with van der Waals surface area (Å²) in [4.78, 5) is 8.45. The molecule has 0 spiro atoms. The van der Waals surface area contributed by atoms with Gasteiger partial charge in [0.1, 0.15) is 11.6 Å². The van der Waals surface area contributed by atoms with Crippen LogP contribution in [0, 0.1) is 5.41 Å². The van der Waals surface area contributed by atoms with E-state index in [1.54, 1.807) is 12.4 Å². The van der Waals surface area contributed by atoms with E-state index >= 15 is 0 Å². The molecule has 0 unspecified atom stereocenters. The Kier molecular flexibility index (Phi) is 4.84. The minimum absolute atomic E-state index is 0.132. The van der Waals surface area contributed by atoms with Crippen molar-refractivity contribution in [1.29, 1.82) is 0 Å². The molecule has 1 fully saturated rings. The van der Waals surface area contributed by atoms with Gasteiger partial charge in [-0.25, -0.2) is 9.97 Å². The maximum Gasteiger partial charge on any atom is 0.146 e. The molecule has 2 heterocycles. The Morgan fingerprint density at radius 1 is 0.833 bits per heavy atom. The second kappa shape index (κ2) is 7.21. The molecule has 0 aromatic carbocycles. The Morgan fingerprint density at radius 3 is 1.75 bits per heavy atom. The fraction of sp³-hybridized carbons (Fsp3) is 0.333. The van der Waals surface area contributed by atoms with Gasteiger partial charge >= 0.3 is 0 Å².